The van der Waals surface area contributed by atoms with E-state index in [-0.39, 0.29) is 27.6 Å². The first-order valence-corrected chi connectivity index (χ1v) is 11.9. The molecule has 1 aliphatic heterocycles. The number of aromatic nitrogens is 3. The third-order valence-electron chi connectivity index (χ3n) is 5.54. The maximum absolute atomic E-state index is 12.7. The summed E-state index contributed by atoms with van der Waals surface area (Å²) in [7, 11) is 0. The van der Waals surface area contributed by atoms with Crippen LogP contribution in [0.1, 0.15) is 48.7 Å². The molecule has 1 amide bonds. The van der Waals surface area contributed by atoms with Crippen LogP contribution in [0.3, 0.4) is 0 Å². The molecule has 0 aliphatic carbocycles. The number of aliphatic hydroxyl groups excluding tert-OH is 1. The molecule has 178 valence electrons. The second-order valence-corrected chi connectivity index (χ2v) is 9.27. The maximum atomic E-state index is 12.7. The fourth-order valence-corrected chi connectivity index (χ4v) is 4.21. The average Bonchev–Trinajstić information content (AvgIpc) is 2.79. The molecule has 3 heterocycles. The van der Waals surface area contributed by atoms with Gasteiger partial charge >= 0.3 is 0 Å². The molecule has 0 spiro atoms. The summed E-state index contributed by atoms with van der Waals surface area (Å²) in [5.41, 5.74) is 1.64. The van der Waals surface area contributed by atoms with Crippen LogP contribution in [0.15, 0.2) is 42.6 Å². The molecular formula is C24H26Cl2N6O2. The first-order valence-electron chi connectivity index (χ1n) is 11.1. The van der Waals surface area contributed by atoms with Gasteiger partial charge in [0.25, 0.3) is 5.91 Å². The van der Waals surface area contributed by atoms with Gasteiger partial charge in [0.15, 0.2) is 0 Å². The molecule has 3 N–H and O–H groups in total. The van der Waals surface area contributed by atoms with Crippen LogP contribution < -0.4 is 15.5 Å². The number of rotatable bonds is 6. The number of piperidine rings is 1. The third-order valence-corrected chi connectivity index (χ3v) is 6.17. The van der Waals surface area contributed by atoms with Crippen molar-refractivity contribution in [2.75, 3.05) is 28.6 Å². The Bertz CT molecular complexity index is 1160. The Balaban J connectivity index is 1.55. The summed E-state index contributed by atoms with van der Waals surface area (Å²) in [6.45, 7) is 5.55. The van der Waals surface area contributed by atoms with E-state index in [2.05, 4.69) is 39.3 Å². The van der Waals surface area contributed by atoms with Gasteiger partial charge in [0, 0.05) is 37.1 Å². The number of carbonyl (C=O) groups excluding carboxylic acids is 1. The van der Waals surface area contributed by atoms with Gasteiger partial charge in [-0.2, -0.15) is 4.98 Å². The lowest BCUT2D eigenvalue weighted by Gasteiger charge is -2.30. The van der Waals surface area contributed by atoms with Gasteiger partial charge in [0.2, 0.25) is 5.95 Å². The highest BCUT2D eigenvalue weighted by molar-refractivity contribution is 6.40. The van der Waals surface area contributed by atoms with E-state index in [0.29, 0.717) is 49.2 Å². The fraction of sp³-hybridized carbons (Fsp3) is 0.333. The zero-order valence-corrected chi connectivity index (χ0v) is 20.4. The number of pyridine rings is 1. The van der Waals surface area contributed by atoms with Gasteiger partial charge in [-0.1, -0.05) is 43.1 Å². The Kier molecular flexibility index (Phi) is 7.50. The normalized spacial score (nSPS) is 14.4. The van der Waals surface area contributed by atoms with Gasteiger partial charge in [-0.3, -0.25) is 4.79 Å². The van der Waals surface area contributed by atoms with Crippen LogP contribution in [-0.2, 0) is 0 Å². The van der Waals surface area contributed by atoms with Crippen LogP contribution in [0, 0.1) is 0 Å². The van der Waals surface area contributed by atoms with Gasteiger partial charge in [-0.15, -0.1) is 0 Å². The molecule has 34 heavy (non-hydrogen) atoms. The monoisotopic (exact) mass is 500 g/mol. The molecule has 1 saturated heterocycles. The summed E-state index contributed by atoms with van der Waals surface area (Å²) in [5.74, 6) is 1.53. The van der Waals surface area contributed by atoms with Crippen molar-refractivity contribution in [3.05, 3.63) is 63.9 Å². The summed E-state index contributed by atoms with van der Waals surface area (Å²) in [6.07, 6.45) is 2.70. The van der Waals surface area contributed by atoms with Crippen LogP contribution in [0.25, 0.3) is 0 Å². The average molecular weight is 501 g/mol. The molecule has 2 aromatic heterocycles. The number of anilines is 4. The van der Waals surface area contributed by atoms with Crippen molar-refractivity contribution < 1.29 is 9.90 Å². The standard InChI is InChI=1S/C24H26Cl2N6O2/c1-14(2)19-13-21(31-24(29-19)32-10-7-16(33)8-11-32)30-20-12-15(6-9-27-20)28-23(34)22-17(25)4-3-5-18(22)26/h3-6,9,12-14,16,33H,7-8,10-11H2,1-2H3,(H2,27,28,29,30,31,34). The molecule has 0 bridgehead atoms. The van der Waals surface area contributed by atoms with Gasteiger partial charge in [0.05, 0.1) is 27.4 Å². The van der Waals surface area contributed by atoms with Crippen LogP contribution in [0.5, 0.6) is 0 Å². The van der Waals surface area contributed by atoms with Crippen molar-refractivity contribution in [1.82, 2.24) is 15.0 Å². The van der Waals surface area contributed by atoms with Crippen molar-refractivity contribution in [2.45, 2.75) is 38.7 Å². The number of nitrogens with one attached hydrogen (secondary N) is 2. The largest absolute Gasteiger partial charge is 0.393 e. The third kappa shape index (κ3) is 5.75. The number of aliphatic hydroxyl groups is 1. The molecule has 1 aliphatic rings. The van der Waals surface area contributed by atoms with E-state index in [0.717, 1.165) is 5.69 Å². The molecule has 1 aromatic carbocycles. The zero-order valence-electron chi connectivity index (χ0n) is 18.9. The number of nitrogens with zero attached hydrogens (tertiary/aromatic N) is 4. The predicted molar refractivity (Wildman–Crippen MR) is 136 cm³/mol. The van der Waals surface area contributed by atoms with E-state index >= 15 is 0 Å². The van der Waals surface area contributed by atoms with E-state index < -0.39 is 5.91 Å². The van der Waals surface area contributed by atoms with Crippen LogP contribution >= 0.6 is 23.2 Å². The number of halogens is 2. The molecule has 4 rings (SSSR count). The van der Waals surface area contributed by atoms with Crippen LogP contribution in [0.4, 0.5) is 23.3 Å². The molecule has 8 nitrogen and oxygen atoms in total. The minimum Gasteiger partial charge on any atom is -0.393 e. The lowest BCUT2D eigenvalue weighted by Crippen LogP contribution is -2.37. The quantitative estimate of drug-likeness (QED) is 0.424. The summed E-state index contributed by atoms with van der Waals surface area (Å²) < 4.78 is 0. The lowest BCUT2D eigenvalue weighted by atomic mass is 10.1. The highest BCUT2D eigenvalue weighted by Gasteiger charge is 2.21. The van der Waals surface area contributed by atoms with E-state index in [1.807, 2.05) is 6.07 Å². The second kappa shape index (κ2) is 10.5. The lowest BCUT2D eigenvalue weighted by molar-refractivity contribution is 0.102. The first kappa shape index (κ1) is 24.2. The predicted octanol–water partition coefficient (Wildman–Crippen LogP) is 5.26. The Morgan fingerprint density at radius 1 is 1.09 bits per heavy atom. The molecule has 1 fully saturated rings. The first-order chi connectivity index (χ1) is 16.3. The number of benzene rings is 1. The zero-order chi connectivity index (χ0) is 24.2. The van der Waals surface area contributed by atoms with Crippen LogP contribution in [0.2, 0.25) is 10.0 Å². The molecule has 0 saturated carbocycles. The van der Waals surface area contributed by atoms with E-state index in [4.69, 9.17) is 28.2 Å². The van der Waals surface area contributed by atoms with Gasteiger partial charge in [0.1, 0.15) is 11.6 Å². The molecule has 3 aromatic rings. The summed E-state index contributed by atoms with van der Waals surface area (Å²) in [4.78, 5) is 28.6. The maximum Gasteiger partial charge on any atom is 0.258 e. The highest BCUT2D eigenvalue weighted by Crippen LogP contribution is 2.27. The fourth-order valence-electron chi connectivity index (χ4n) is 3.64. The Labute approximate surface area is 208 Å². The van der Waals surface area contributed by atoms with E-state index in [1.165, 1.54) is 0 Å². The molecule has 0 radical (unpaired) electrons. The minimum atomic E-state index is -0.411. The number of carbonyl (C=O) groups is 1. The summed E-state index contributed by atoms with van der Waals surface area (Å²) in [5, 5.41) is 16.4. The summed E-state index contributed by atoms with van der Waals surface area (Å²) >= 11 is 12.3. The van der Waals surface area contributed by atoms with Gasteiger partial charge in [-0.05, 0) is 37.0 Å². The second-order valence-electron chi connectivity index (χ2n) is 8.46. The van der Waals surface area contributed by atoms with Gasteiger partial charge in [-0.25, -0.2) is 9.97 Å². The van der Waals surface area contributed by atoms with Crippen molar-refractivity contribution >= 4 is 52.4 Å². The van der Waals surface area contributed by atoms with Crippen molar-refractivity contribution in [1.29, 1.82) is 0 Å². The number of hydrogen-bond acceptors (Lipinski definition) is 7. The van der Waals surface area contributed by atoms with Gasteiger partial charge < -0.3 is 20.6 Å². The Morgan fingerprint density at radius 2 is 1.79 bits per heavy atom. The number of amides is 1. The minimum absolute atomic E-state index is 0.205. The van der Waals surface area contributed by atoms with Crippen molar-refractivity contribution in [3.8, 4) is 0 Å². The SMILES string of the molecule is CC(C)c1cc(Nc2cc(NC(=O)c3c(Cl)cccc3Cl)ccn2)nc(N2CCC(O)CC2)n1. The smallest absolute Gasteiger partial charge is 0.258 e. The van der Waals surface area contributed by atoms with Crippen molar-refractivity contribution in [2.24, 2.45) is 0 Å². The van der Waals surface area contributed by atoms with E-state index in [9.17, 15) is 9.90 Å². The molecule has 0 unspecified atom stereocenters. The van der Waals surface area contributed by atoms with Crippen molar-refractivity contribution in [3.63, 3.8) is 0 Å². The van der Waals surface area contributed by atoms with E-state index in [1.54, 1.807) is 36.5 Å². The molecule has 10 heteroatoms. The Hall–Kier alpha value is -2.94. The summed E-state index contributed by atoms with van der Waals surface area (Å²) in [6, 6.07) is 10.2. The Morgan fingerprint density at radius 3 is 2.47 bits per heavy atom. The topological polar surface area (TPSA) is 103 Å². The highest BCUT2D eigenvalue weighted by atomic mass is 35.5. The molecular weight excluding hydrogens is 475 g/mol. The number of hydrogen-bond donors (Lipinski definition) is 3. The van der Waals surface area contributed by atoms with Crippen LogP contribution in [-0.4, -0.2) is 45.2 Å². The molecule has 0 atom stereocenters.